The molecule has 0 aromatic heterocycles. The third-order valence-electron chi connectivity index (χ3n) is 2.40. The van der Waals surface area contributed by atoms with Crippen LogP contribution >= 0.6 is 0 Å². The first-order valence-electron chi connectivity index (χ1n) is 4.46. The summed E-state index contributed by atoms with van der Waals surface area (Å²) in [6.45, 7) is 8.83. The summed E-state index contributed by atoms with van der Waals surface area (Å²) in [6, 6.07) is 0. The molecule has 0 amide bonds. The molecule has 0 aliphatic rings. The summed E-state index contributed by atoms with van der Waals surface area (Å²) in [7, 11) is 0. The first-order chi connectivity index (χ1) is 5.18. The van der Waals surface area contributed by atoms with Gasteiger partial charge >= 0.3 is 0 Å². The minimum Gasteiger partial charge on any atom is -0.382 e. The fraction of sp³-hybridized carbons (Fsp3) is 1.00. The van der Waals surface area contributed by atoms with Gasteiger partial charge in [0.25, 0.3) is 0 Å². The minimum atomic E-state index is 0.287. The van der Waals surface area contributed by atoms with Gasteiger partial charge in [0, 0.05) is 13.2 Å². The molecular weight excluding hydrogens is 138 g/mol. The van der Waals surface area contributed by atoms with Crippen LogP contribution in [0.25, 0.3) is 0 Å². The number of nitrogens with two attached hydrogens (primary N) is 1. The van der Waals surface area contributed by atoms with Crippen molar-refractivity contribution in [3.05, 3.63) is 0 Å². The van der Waals surface area contributed by atoms with Gasteiger partial charge in [0.05, 0.1) is 0 Å². The average Bonchev–Trinajstić information content (AvgIpc) is 2.05. The van der Waals surface area contributed by atoms with Crippen LogP contribution in [0.2, 0.25) is 0 Å². The van der Waals surface area contributed by atoms with Crippen molar-refractivity contribution < 1.29 is 4.74 Å². The second-order valence-corrected chi connectivity index (χ2v) is 3.32. The quantitative estimate of drug-likeness (QED) is 0.600. The summed E-state index contributed by atoms with van der Waals surface area (Å²) >= 11 is 0. The molecule has 0 saturated heterocycles. The second kappa shape index (κ2) is 5.56. The predicted molar refractivity (Wildman–Crippen MR) is 48.6 cm³/mol. The van der Waals surface area contributed by atoms with Crippen LogP contribution in [-0.2, 0) is 4.74 Å². The van der Waals surface area contributed by atoms with E-state index in [2.05, 4.69) is 13.8 Å². The van der Waals surface area contributed by atoms with Gasteiger partial charge in [0.15, 0.2) is 0 Å². The van der Waals surface area contributed by atoms with Crippen molar-refractivity contribution in [1.29, 1.82) is 0 Å². The highest BCUT2D eigenvalue weighted by Crippen LogP contribution is 2.23. The van der Waals surface area contributed by atoms with Crippen LogP contribution in [0.3, 0.4) is 0 Å². The molecule has 0 saturated carbocycles. The van der Waals surface area contributed by atoms with Gasteiger partial charge < -0.3 is 10.5 Å². The van der Waals surface area contributed by atoms with Gasteiger partial charge in [-0.05, 0) is 31.7 Å². The Morgan fingerprint density at radius 2 is 2.00 bits per heavy atom. The first-order valence-corrected chi connectivity index (χ1v) is 4.46. The van der Waals surface area contributed by atoms with Crippen LogP contribution in [0.4, 0.5) is 0 Å². The molecule has 0 bridgehead atoms. The highest BCUT2D eigenvalue weighted by atomic mass is 16.5. The van der Waals surface area contributed by atoms with E-state index >= 15 is 0 Å². The lowest BCUT2D eigenvalue weighted by Gasteiger charge is -2.25. The van der Waals surface area contributed by atoms with Crippen LogP contribution in [0.1, 0.15) is 33.6 Å². The molecule has 0 spiro atoms. The van der Waals surface area contributed by atoms with Gasteiger partial charge in [-0.25, -0.2) is 0 Å². The lowest BCUT2D eigenvalue weighted by molar-refractivity contribution is 0.109. The second-order valence-electron chi connectivity index (χ2n) is 3.32. The third-order valence-corrected chi connectivity index (χ3v) is 2.40. The van der Waals surface area contributed by atoms with Crippen LogP contribution in [0.5, 0.6) is 0 Å². The van der Waals surface area contributed by atoms with Crippen molar-refractivity contribution in [2.45, 2.75) is 33.6 Å². The summed E-state index contributed by atoms with van der Waals surface area (Å²) in [5.74, 6) is 0. The van der Waals surface area contributed by atoms with E-state index in [0.29, 0.717) is 0 Å². The molecule has 2 heteroatoms. The van der Waals surface area contributed by atoms with E-state index in [0.717, 1.165) is 32.6 Å². The molecule has 0 heterocycles. The zero-order valence-electron chi connectivity index (χ0n) is 8.02. The molecule has 0 aromatic carbocycles. The zero-order valence-corrected chi connectivity index (χ0v) is 8.02. The van der Waals surface area contributed by atoms with Crippen molar-refractivity contribution in [1.82, 2.24) is 0 Å². The van der Waals surface area contributed by atoms with E-state index in [4.69, 9.17) is 10.5 Å². The normalized spacial score (nSPS) is 16.4. The van der Waals surface area contributed by atoms with Crippen molar-refractivity contribution in [3.63, 3.8) is 0 Å². The largest absolute Gasteiger partial charge is 0.382 e. The molecule has 68 valence electrons. The van der Waals surface area contributed by atoms with Crippen LogP contribution in [0.15, 0.2) is 0 Å². The van der Waals surface area contributed by atoms with Gasteiger partial charge in [0.1, 0.15) is 0 Å². The smallest absolute Gasteiger partial charge is 0.0471 e. The molecular formula is C9H21NO. The maximum atomic E-state index is 5.64. The minimum absolute atomic E-state index is 0.287. The lowest BCUT2D eigenvalue weighted by Crippen LogP contribution is -2.27. The maximum Gasteiger partial charge on any atom is 0.0471 e. The summed E-state index contributed by atoms with van der Waals surface area (Å²) in [4.78, 5) is 0. The summed E-state index contributed by atoms with van der Waals surface area (Å²) < 4.78 is 5.28. The van der Waals surface area contributed by atoms with E-state index in [1.54, 1.807) is 0 Å². The Morgan fingerprint density at radius 1 is 1.36 bits per heavy atom. The summed E-state index contributed by atoms with van der Waals surface area (Å²) in [5.41, 5.74) is 5.93. The van der Waals surface area contributed by atoms with Gasteiger partial charge in [-0.2, -0.15) is 0 Å². The van der Waals surface area contributed by atoms with E-state index in [1.807, 2.05) is 6.92 Å². The SMILES string of the molecule is CCOCCC(C)(CC)CN. The summed E-state index contributed by atoms with van der Waals surface area (Å²) in [6.07, 6.45) is 2.21. The van der Waals surface area contributed by atoms with Crippen LogP contribution in [0, 0.1) is 5.41 Å². The molecule has 0 aliphatic heterocycles. The van der Waals surface area contributed by atoms with Gasteiger partial charge in [0.2, 0.25) is 0 Å². The molecule has 2 N–H and O–H groups in total. The van der Waals surface area contributed by atoms with Gasteiger partial charge in [-0.1, -0.05) is 13.8 Å². The van der Waals surface area contributed by atoms with Crippen molar-refractivity contribution >= 4 is 0 Å². The molecule has 0 radical (unpaired) electrons. The number of hydrogen-bond donors (Lipinski definition) is 1. The lowest BCUT2D eigenvalue weighted by atomic mass is 9.84. The fourth-order valence-corrected chi connectivity index (χ4v) is 0.886. The molecule has 0 fully saturated rings. The Bertz CT molecular complexity index is 89.6. The Morgan fingerprint density at radius 3 is 2.36 bits per heavy atom. The molecule has 1 atom stereocenters. The molecule has 2 nitrogen and oxygen atoms in total. The van der Waals surface area contributed by atoms with Crippen molar-refractivity contribution in [3.8, 4) is 0 Å². The Kier molecular flexibility index (Phi) is 5.51. The molecule has 11 heavy (non-hydrogen) atoms. The average molecular weight is 159 g/mol. The zero-order chi connectivity index (χ0) is 8.74. The van der Waals surface area contributed by atoms with Crippen molar-refractivity contribution in [2.75, 3.05) is 19.8 Å². The van der Waals surface area contributed by atoms with Crippen LogP contribution < -0.4 is 5.73 Å². The maximum absolute atomic E-state index is 5.64. The molecule has 0 aliphatic carbocycles. The van der Waals surface area contributed by atoms with E-state index < -0.39 is 0 Å². The van der Waals surface area contributed by atoms with Gasteiger partial charge in [-0.15, -0.1) is 0 Å². The molecule has 0 aromatic rings. The highest BCUT2D eigenvalue weighted by Gasteiger charge is 2.18. The Labute approximate surface area is 70.1 Å². The number of ether oxygens (including phenoxy) is 1. The van der Waals surface area contributed by atoms with E-state index in [1.165, 1.54) is 0 Å². The fourth-order valence-electron chi connectivity index (χ4n) is 0.886. The first kappa shape index (κ1) is 10.9. The number of hydrogen-bond acceptors (Lipinski definition) is 2. The standard InChI is InChI=1S/C9H21NO/c1-4-9(3,8-10)6-7-11-5-2/h4-8,10H2,1-3H3. The van der Waals surface area contributed by atoms with E-state index in [-0.39, 0.29) is 5.41 Å². The van der Waals surface area contributed by atoms with Crippen molar-refractivity contribution in [2.24, 2.45) is 11.1 Å². The Balaban J connectivity index is 3.51. The summed E-state index contributed by atoms with van der Waals surface area (Å²) in [5, 5.41) is 0. The Hall–Kier alpha value is -0.0800. The third kappa shape index (κ3) is 4.38. The highest BCUT2D eigenvalue weighted by molar-refractivity contribution is 4.72. The van der Waals surface area contributed by atoms with Gasteiger partial charge in [-0.3, -0.25) is 0 Å². The molecule has 0 rings (SSSR count). The monoisotopic (exact) mass is 159 g/mol. The molecule has 1 unspecified atom stereocenters. The number of rotatable bonds is 6. The van der Waals surface area contributed by atoms with E-state index in [9.17, 15) is 0 Å². The van der Waals surface area contributed by atoms with Crippen LogP contribution in [-0.4, -0.2) is 19.8 Å². The predicted octanol–water partition coefficient (Wildman–Crippen LogP) is 1.79. The topological polar surface area (TPSA) is 35.2 Å².